The van der Waals surface area contributed by atoms with E-state index in [4.69, 9.17) is 4.74 Å². The molecule has 74 valence electrons. The van der Waals surface area contributed by atoms with Crippen LogP contribution in [0, 0.1) is 0 Å². The molecule has 1 atom stereocenters. The van der Waals surface area contributed by atoms with E-state index in [9.17, 15) is 0 Å². The van der Waals surface area contributed by atoms with E-state index in [-0.39, 0.29) is 18.5 Å². The van der Waals surface area contributed by atoms with Gasteiger partial charge in [0.15, 0.2) is 5.82 Å². The van der Waals surface area contributed by atoms with Crippen LogP contribution in [-0.2, 0) is 11.8 Å². The molecule has 1 aromatic rings. The molecule has 2 heterocycles. The summed E-state index contributed by atoms with van der Waals surface area (Å²) in [5, 5.41) is 14.4. The van der Waals surface area contributed by atoms with Crippen LogP contribution in [-0.4, -0.2) is 39.9 Å². The number of aromatic nitrogens is 4. The van der Waals surface area contributed by atoms with Crippen molar-refractivity contribution in [3.05, 3.63) is 5.82 Å². The summed E-state index contributed by atoms with van der Waals surface area (Å²) >= 11 is 0. The monoisotopic (exact) mass is 205 g/mol. The first-order valence-corrected chi connectivity index (χ1v) is 3.92. The fraction of sp³-hybridized carbons (Fsp3) is 0.833. The average Bonchev–Trinajstić information content (AvgIpc) is 2.53. The maximum atomic E-state index is 5.48. The van der Waals surface area contributed by atoms with Gasteiger partial charge >= 0.3 is 0 Å². The second-order valence-corrected chi connectivity index (χ2v) is 2.72. The number of aryl methyl sites for hydroxylation is 1. The lowest BCUT2D eigenvalue weighted by molar-refractivity contribution is 0.0198. The van der Waals surface area contributed by atoms with Crippen molar-refractivity contribution < 1.29 is 4.74 Å². The topological polar surface area (TPSA) is 64.9 Å². The van der Waals surface area contributed by atoms with Gasteiger partial charge in [-0.25, -0.2) is 4.68 Å². The zero-order valence-corrected chi connectivity index (χ0v) is 8.12. The minimum atomic E-state index is -0.00116. The molecule has 13 heavy (non-hydrogen) atoms. The minimum Gasteiger partial charge on any atom is -0.367 e. The minimum absolute atomic E-state index is 0. The van der Waals surface area contributed by atoms with Gasteiger partial charge in [-0.3, -0.25) is 0 Å². The number of hydrogen-bond acceptors (Lipinski definition) is 5. The molecule has 0 aromatic carbocycles. The highest BCUT2D eigenvalue weighted by atomic mass is 35.5. The molecule has 7 heteroatoms. The lowest BCUT2D eigenvalue weighted by Gasteiger charge is -2.21. The number of hydrogen-bond donors (Lipinski definition) is 1. The number of tetrazole rings is 1. The molecular formula is C6H12ClN5O. The van der Waals surface area contributed by atoms with Crippen LogP contribution in [0.5, 0.6) is 0 Å². The second kappa shape index (κ2) is 4.50. The summed E-state index contributed by atoms with van der Waals surface area (Å²) in [6, 6.07) is 0. The third-order valence-corrected chi connectivity index (χ3v) is 1.87. The van der Waals surface area contributed by atoms with E-state index in [1.54, 1.807) is 4.68 Å². The lowest BCUT2D eigenvalue weighted by atomic mass is 10.3. The number of halogens is 1. The van der Waals surface area contributed by atoms with E-state index in [2.05, 4.69) is 20.8 Å². The summed E-state index contributed by atoms with van der Waals surface area (Å²) < 4.78 is 7.11. The van der Waals surface area contributed by atoms with Gasteiger partial charge in [-0.15, -0.1) is 17.5 Å². The fourth-order valence-corrected chi connectivity index (χ4v) is 1.24. The molecule has 1 aliphatic heterocycles. The Balaban J connectivity index is 0.000000845. The van der Waals surface area contributed by atoms with Crippen LogP contribution < -0.4 is 5.32 Å². The highest BCUT2D eigenvalue weighted by molar-refractivity contribution is 5.85. The van der Waals surface area contributed by atoms with Crippen LogP contribution in [0.1, 0.15) is 11.9 Å². The standard InChI is InChI=1S/C6H11N5O.ClH/c1-11-6(8-9-10-11)5-4-7-2-3-12-5;/h5,7H,2-4H2,1H3;1H. The van der Waals surface area contributed by atoms with Crippen molar-refractivity contribution >= 4 is 12.4 Å². The van der Waals surface area contributed by atoms with Crippen molar-refractivity contribution in [1.29, 1.82) is 0 Å². The Kier molecular flexibility index (Phi) is 3.58. The van der Waals surface area contributed by atoms with Crippen LogP contribution in [0.2, 0.25) is 0 Å². The molecule has 1 N–H and O–H groups in total. The van der Waals surface area contributed by atoms with Crippen LogP contribution in [0.25, 0.3) is 0 Å². The van der Waals surface area contributed by atoms with Crippen LogP contribution >= 0.6 is 12.4 Å². The normalized spacial score (nSPS) is 22.4. The Morgan fingerprint density at radius 1 is 1.62 bits per heavy atom. The van der Waals surface area contributed by atoms with Crippen molar-refractivity contribution in [2.24, 2.45) is 7.05 Å². The van der Waals surface area contributed by atoms with Crippen molar-refractivity contribution in [2.45, 2.75) is 6.10 Å². The van der Waals surface area contributed by atoms with Gasteiger partial charge in [-0.1, -0.05) is 0 Å². The maximum absolute atomic E-state index is 5.48. The van der Waals surface area contributed by atoms with Gasteiger partial charge < -0.3 is 10.1 Å². The summed E-state index contributed by atoms with van der Waals surface area (Å²) in [5.41, 5.74) is 0. The zero-order valence-electron chi connectivity index (χ0n) is 7.30. The third-order valence-electron chi connectivity index (χ3n) is 1.87. The first kappa shape index (κ1) is 10.4. The van der Waals surface area contributed by atoms with Gasteiger partial charge in [-0.05, 0) is 10.4 Å². The first-order chi connectivity index (χ1) is 5.88. The molecule has 0 aliphatic carbocycles. The number of morpholine rings is 1. The quantitative estimate of drug-likeness (QED) is 0.657. The lowest BCUT2D eigenvalue weighted by Crippen LogP contribution is -2.34. The first-order valence-electron chi connectivity index (χ1n) is 3.92. The van der Waals surface area contributed by atoms with Crippen LogP contribution in [0.3, 0.4) is 0 Å². The van der Waals surface area contributed by atoms with E-state index in [1.165, 1.54) is 0 Å². The molecule has 0 saturated carbocycles. The summed E-state index contributed by atoms with van der Waals surface area (Å²) in [6.45, 7) is 2.41. The Morgan fingerprint density at radius 3 is 3.00 bits per heavy atom. The number of ether oxygens (including phenoxy) is 1. The van der Waals surface area contributed by atoms with E-state index in [0.717, 1.165) is 25.5 Å². The predicted octanol–water partition coefficient (Wildman–Crippen LogP) is -0.707. The third kappa shape index (κ3) is 2.15. The van der Waals surface area contributed by atoms with Gasteiger partial charge in [0, 0.05) is 20.1 Å². The molecule has 0 amide bonds. The van der Waals surface area contributed by atoms with Crippen molar-refractivity contribution in [1.82, 2.24) is 25.5 Å². The summed E-state index contributed by atoms with van der Waals surface area (Å²) in [4.78, 5) is 0. The van der Waals surface area contributed by atoms with Gasteiger partial charge in [0.25, 0.3) is 0 Å². The second-order valence-electron chi connectivity index (χ2n) is 2.72. The molecule has 0 bridgehead atoms. The Labute approximate surface area is 82.1 Å². The molecule has 2 rings (SSSR count). The molecule has 1 aromatic heterocycles. The molecule has 1 fully saturated rings. The van der Waals surface area contributed by atoms with Crippen LogP contribution in [0.15, 0.2) is 0 Å². The fourth-order valence-electron chi connectivity index (χ4n) is 1.24. The number of nitrogens with zero attached hydrogens (tertiary/aromatic N) is 4. The number of rotatable bonds is 1. The predicted molar refractivity (Wildman–Crippen MR) is 47.6 cm³/mol. The SMILES string of the molecule is Cl.Cn1nnnc1C1CNCCO1. The summed E-state index contributed by atoms with van der Waals surface area (Å²) in [6.07, 6.45) is -0.00116. The van der Waals surface area contributed by atoms with Gasteiger partial charge in [0.1, 0.15) is 6.10 Å². The van der Waals surface area contributed by atoms with Crippen molar-refractivity contribution in [3.8, 4) is 0 Å². The maximum Gasteiger partial charge on any atom is 0.181 e. The zero-order chi connectivity index (χ0) is 8.39. The van der Waals surface area contributed by atoms with Crippen molar-refractivity contribution in [3.63, 3.8) is 0 Å². The number of nitrogens with one attached hydrogen (secondary N) is 1. The van der Waals surface area contributed by atoms with Gasteiger partial charge in [-0.2, -0.15) is 0 Å². The summed E-state index contributed by atoms with van der Waals surface area (Å²) in [5.74, 6) is 0.780. The van der Waals surface area contributed by atoms with E-state index in [1.807, 2.05) is 7.05 Å². The highest BCUT2D eigenvalue weighted by Crippen LogP contribution is 2.13. The molecule has 1 saturated heterocycles. The highest BCUT2D eigenvalue weighted by Gasteiger charge is 2.20. The largest absolute Gasteiger partial charge is 0.367 e. The van der Waals surface area contributed by atoms with E-state index < -0.39 is 0 Å². The Hall–Kier alpha value is -0.720. The van der Waals surface area contributed by atoms with Crippen molar-refractivity contribution in [2.75, 3.05) is 19.7 Å². The van der Waals surface area contributed by atoms with E-state index in [0.29, 0.717) is 0 Å². The Morgan fingerprint density at radius 2 is 2.46 bits per heavy atom. The van der Waals surface area contributed by atoms with E-state index >= 15 is 0 Å². The Bertz CT molecular complexity index is 259. The molecule has 0 spiro atoms. The van der Waals surface area contributed by atoms with Crippen LogP contribution in [0.4, 0.5) is 0 Å². The van der Waals surface area contributed by atoms with Gasteiger partial charge in [0.2, 0.25) is 0 Å². The average molecular weight is 206 g/mol. The smallest absolute Gasteiger partial charge is 0.181 e. The molecule has 1 aliphatic rings. The molecule has 6 nitrogen and oxygen atoms in total. The molecule has 1 unspecified atom stereocenters. The molecular weight excluding hydrogens is 194 g/mol. The summed E-state index contributed by atoms with van der Waals surface area (Å²) in [7, 11) is 1.81. The molecule has 0 radical (unpaired) electrons. The van der Waals surface area contributed by atoms with Gasteiger partial charge in [0.05, 0.1) is 6.61 Å².